The predicted octanol–water partition coefficient (Wildman–Crippen LogP) is 1.40. The third-order valence-electron chi connectivity index (χ3n) is 4.21. The second-order valence-corrected chi connectivity index (χ2v) is 5.87. The van der Waals surface area contributed by atoms with Gasteiger partial charge in [0, 0.05) is 11.7 Å². The van der Waals surface area contributed by atoms with Gasteiger partial charge in [-0.15, -0.1) is 0 Å². The van der Waals surface area contributed by atoms with E-state index in [2.05, 4.69) is 26.1 Å². The monoisotopic (exact) mass is 323 g/mol. The van der Waals surface area contributed by atoms with Crippen molar-refractivity contribution in [2.24, 2.45) is 0 Å². The molecule has 7 nitrogen and oxygen atoms in total. The van der Waals surface area contributed by atoms with Gasteiger partial charge in [-0.1, -0.05) is 30.3 Å². The molecule has 1 aromatic heterocycles. The van der Waals surface area contributed by atoms with E-state index >= 15 is 0 Å². The van der Waals surface area contributed by atoms with Crippen molar-refractivity contribution in [1.29, 1.82) is 0 Å². The van der Waals surface area contributed by atoms with E-state index in [-0.39, 0.29) is 23.7 Å². The number of hydrogen-bond acceptors (Lipinski definition) is 4. The molecule has 5 N–H and O–H groups in total. The molecule has 122 valence electrons. The summed E-state index contributed by atoms with van der Waals surface area (Å²) in [4.78, 5) is 29.1. The maximum absolute atomic E-state index is 12.4. The molecule has 24 heavy (non-hydrogen) atoms. The second kappa shape index (κ2) is 5.95. The third-order valence-corrected chi connectivity index (χ3v) is 4.21. The van der Waals surface area contributed by atoms with Crippen LogP contribution in [0.4, 0.5) is 5.69 Å². The van der Waals surface area contributed by atoms with E-state index in [0.29, 0.717) is 23.1 Å². The Kier molecular flexibility index (Phi) is 3.64. The molecule has 3 aromatic rings. The van der Waals surface area contributed by atoms with Crippen molar-refractivity contribution in [2.45, 2.75) is 18.5 Å². The molecule has 1 amide bonds. The lowest BCUT2D eigenvalue weighted by molar-refractivity contribution is -0.117. The molecule has 1 aliphatic rings. The summed E-state index contributed by atoms with van der Waals surface area (Å²) in [6, 6.07) is 15.1. The number of carbonyl (C=O) groups excluding carboxylic acids is 1. The molecule has 2 aromatic carbocycles. The molecule has 0 aliphatic carbocycles. The summed E-state index contributed by atoms with van der Waals surface area (Å²) in [5.74, 6) is -0.113. The van der Waals surface area contributed by atoms with Crippen LogP contribution in [0.1, 0.15) is 18.0 Å². The average Bonchev–Trinajstić information content (AvgIpc) is 3.21. The third kappa shape index (κ3) is 2.82. The fourth-order valence-corrected chi connectivity index (χ4v) is 2.97. The number of aromatic amines is 2. The smallest absolute Gasteiger partial charge is 0.323 e. The highest BCUT2D eigenvalue weighted by Crippen LogP contribution is 2.23. The predicted molar refractivity (Wildman–Crippen MR) is 91.4 cm³/mol. The van der Waals surface area contributed by atoms with E-state index in [1.165, 1.54) is 0 Å². The number of nitrogens with one attached hydrogen (secondary N) is 5. The summed E-state index contributed by atoms with van der Waals surface area (Å²) < 4.78 is 0. The fourth-order valence-electron chi connectivity index (χ4n) is 2.97. The van der Waals surface area contributed by atoms with Crippen molar-refractivity contribution in [3.8, 4) is 0 Å². The Hall–Kier alpha value is -2.90. The van der Waals surface area contributed by atoms with Gasteiger partial charge in [-0.25, -0.2) is 15.6 Å². The van der Waals surface area contributed by atoms with Gasteiger partial charge in [0.1, 0.15) is 6.04 Å². The number of H-pyrrole nitrogens is 2. The number of hydrazine groups is 1. The highest BCUT2D eigenvalue weighted by atomic mass is 16.2. The lowest BCUT2D eigenvalue weighted by Crippen LogP contribution is -2.39. The van der Waals surface area contributed by atoms with Gasteiger partial charge in [0.05, 0.1) is 11.0 Å². The van der Waals surface area contributed by atoms with Crippen LogP contribution in [0.15, 0.2) is 53.3 Å². The minimum atomic E-state index is -0.323. The molecule has 7 heteroatoms. The number of benzene rings is 2. The zero-order valence-corrected chi connectivity index (χ0v) is 12.8. The largest absolute Gasteiger partial charge is 0.325 e. The van der Waals surface area contributed by atoms with Gasteiger partial charge in [0.2, 0.25) is 5.91 Å². The minimum absolute atomic E-state index is 0.102. The van der Waals surface area contributed by atoms with Crippen LogP contribution in [-0.4, -0.2) is 21.9 Å². The molecule has 0 spiro atoms. The quantitative estimate of drug-likeness (QED) is 0.503. The zero-order valence-electron chi connectivity index (χ0n) is 12.8. The summed E-state index contributed by atoms with van der Waals surface area (Å²) >= 11 is 0. The van der Waals surface area contributed by atoms with Crippen molar-refractivity contribution in [3.05, 3.63) is 64.6 Å². The van der Waals surface area contributed by atoms with Gasteiger partial charge in [0.25, 0.3) is 0 Å². The minimum Gasteiger partial charge on any atom is -0.325 e. The molecule has 0 saturated carbocycles. The topological polar surface area (TPSA) is 102 Å². The summed E-state index contributed by atoms with van der Waals surface area (Å²) in [5.41, 5.74) is 9.10. The summed E-state index contributed by atoms with van der Waals surface area (Å²) in [6.07, 6.45) is 0.666. The number of rotatable bonds is 3. The van der Waals surface area contributed by atoms with Crippen molar-refractivity contribution < 1.29 is 4.79 Å². The van der Waals surface area contributed by atoms with Gasteiger partial charge >= 0.3 is 5.69 Å². The molecular formula is C17H17N5O2. The molecular weight excluding hydrogens is 306 g/mol. The van der Waals surface area contributed by atoms with Crippen LogP contribution < -0.4 is 21.9 Å². The molecule has 0 bridgehead atoms. The Morgan fingerprint density at radius 2 is 1.79 bits per heavy atom. The molecule has 4 rings (SSSR count). The van der Waals surface area contributed by atoms with E-state index in [4.69, 9.17) is 0 Å². The van der Waals surface area contributed by atoms with E-state index < -0.39 is 0 Å². The first kappa shape index (κ1) is 14.7. The maximum atomic E-state index is 12.4. The maximum Gasteiger partial charge on any atom is 0.323 e. The van der Waals surface area contributed by atoms with Crippen LogP contribution in [0.3, 0.4) is 0 Å². The first-order chi connectivity index (χ1) is 11.7. The molecule has 1 saturated heterocycles. The standard InChI is InChI=1S/C17H17N5O2/c23-16(15-9-13(21-22-15)10-4-2-1-3-5-10)18-11-6-7-12-14(8-11)20-17(24)19-12/h1-8,13,15,21-22H,9H2,(H,18,23)(H2,19,20,24). The van der Waals surface area contributed by atoms with Crippen LogP contribution in [0.5, 0.6) is 0 Å². The summed E-state index contributed by atoms with van der Waals surface area (Å²) in [5, 5.41) is 2.88. The number of fused-ring (bicyclic) bond motifs is 1. The van der Waals surface area contributed by atoms with Crippen LogP contribution in [0.2, 0.25) is 0 Å². The molecule has 0 radical (unpaired) electrons. The normalized spacial score (nSPS) is 20.3. The summed E-state index contributed by atoms with van der Waals surface area (Å²) in [6.45, 7) is 0. The lowest BCUT2D eigenvalue weighted by Gasteiger charge is -2.11. The Balaban J connectivity index is 1.45. The van der Waals surface area contributed by atoms with Gasteiger partial charge in [0.15, 0.2) is 0 Å². The number of imidazole rings is 1. The van der Waals surface area contributed by atoms with Gasteiger partial charge in [-0.2, -0.15) is 0 Å². The first-order valence-electron chi connectivity index (χ1n) is 7.78. The van der Waals surface area contributed by atoms with E-state index in [0.717, 1.165) is 5.56 Å². The molecule has 2 heterocycles. The van der Waals surface area contributed by atoms with Crippen LogP contribution in [0, 0.1) is 0 Å². The Morgan fingerprint density at radius 1 is 1.00 bits per heavy atom. The van der Waals surface area contributed by atoms with Crippen molar-refractivity contribution >= 4 is 22.6 Å². The van der Waals surface area contributed by atoms with Gasteiger partial charge < -0.3 is 15.3 Å². The number of amides is 1. The zero-order chi connectivity index (χ0) is 16.5. The molecule has 1 fully saturated rings. The average molecular weight is 323 g/mol. The Morgan fingerprint density at radius 3 is 2.62 bits per heavy atom. The second-order valence-electron chi connectivity index (χ2n) is 5.87. The fraction of sp³-hybridized carbons (Fsp3) is 0.176. The first-order valence-corrected chi connectivity index (χ1v) is 7.78. The highest BCUT2D eigenvalue weighted by Gasteiger charge is 2.30. The van der Waals surface area contributed by atoms with E-state index in [9.17, 15) is 9.59 Å². The molecule has 1 aliphatic heterocycles. The number of carbonyl (C=O) groups is 1. The highest BCUT2D eigenvalue weighted by molar-refractivity contribution is 5.96. The van der Waals surface area contributed by atoms with Gasteiger partial charge in [-0.3, -0.25) is 4.79 Å². The molecule has 2 unspecified atom stereocenters. The van der Waals surface area contributed by atoms with E-state index in [1.807, 2.05) is 30.3 Å². The van der Waals surface area contributed by atoms with Crippen molar-refractivity contribution in [3.63, 3.8) is 0 Å². The van der Waals surface area contributed by atoms with Crippen molar-refractivity contribution in [2.75, 3.05) is 5.32 Å². The Bertz CT molecular complexity index is 931. The molecule has 2 atom stereocenters. The van der Waals surface area contributed by atoms with Crippen molar-refractivity contribution in [1.82, 2.24) is 20.8 Å². The number of aromatic nitrogens is 2. The van der Waals surface area contributed by atoms with Crippen LogP contribution in [-0.2, 0) is 4.79 Å². The number of hydrogen-bond donors (Lipinski definition) is 5. The van der Waals surface area contributed by atoms with Gasteiger partial charge in [-0.05, 0) is 30.2 Å². The number of anilines is 1. The Labute approximate surface area is 137 Å². The van der Waals surface area contributed by atoms with Crippen LogP contribution in [0.25, 0.3) is 11.0 Å². The van der Waals surface area contributed by atoms with Crippen LogP contribution >= 0.6 is 0 Å². The van der Waals surface area contributed by atoms with E-state index in [1.54, 1.807) is 18.2 Å². The summed E-state index contributed by atoms with van der Waals surface area (Å²) in [7, 11) is 0. The lowest BCUT2D eigenvalue weighted by atomic mass is 10.0. The SMILES string of the molecule is O=C(Nc1ccc2[nH]c(=O)[nH]c2c1)C1CC(c2ccccc2)NN1.